The first-order chi connectivity index (χ1) is 9.88. The van der Waals surface area contributed by atoms with Gasteiger partial charge in [-0.1, -0.05) is 17.8 Å². The molecule has 1 atom stereocenters. The SMILES string of the molecule is NCCSc1nnc(-c2cccs2)n1C[C@@H]1CCCO1. The van der Waals surface area contributed by atoms with E-state index in [9.17, 15) is 0 Å². The number of nitrogens with zero attached hydrogens (tertiary/aromatic N) is 3. The maximum Gasteiger partial charge on any atom is 0.191 e. The van der Waals surface area contributed by atoms with Crippen LogP contribution in [0.1, 0.15) is 12.8 Å². The van der Waals surface area contributed by atoms with E-state index < -0.39 is 0 Å². The molecule has 0 radical (unpaired) electrons. The second kappa shape index (κ2) is 6.71. The largest absolute Gasteiger partial charge is 0.376 e. The fourth-order valence-electron chi connectivity index (χ4n) is 2.29. The molecular weight excluding hydrogens is 292 g/mol. The standard InChI is InChI=1S/C13H18N4OS2/c14-5-8-20-13-16-15-12(11-4-2-7-19-11)17(13)9-10-3-1-6-18-10/h2,4,7,10H,1,3,5-6,8-9,14H2/t10-/m0/s1. The van der Waals surface area contributed by atoms with Crippen LogP contribution in [-0.2, 0) is 11.3 Å². The van der Waals surface area contributed by atoms with E-state index in [1.165, 1.54) is 0 Å². The van der Waals surface area contributed by atoms with Crippen LogP contribution in [-0.4, -0.2) is 39.8 Å². The Morgan fingerprint density at radius 1 is 1.50 bits per heavy atom. The molecule has 0 aromatic carbocycles. The van der Waals surface area contributed by atoms with E-state index in [2.05, 4.69) is 26.2 Å². The van der Waals surface area contributed by atoms with Crippen molar-refractivity contribution < 1.29 is 4.74 Å². The molecule has 3 heterocycles. The average Bonchev–Trinajstić information content (AvgIpc) is 3.19. The van der Waals surface area contributed by atoms with Crippen molar-refractivity contribution in [1.82, 2.24) is 14.8 Å². The van der Waals surface area contributed by atoms with Crippen LogP contribution in [0.4, 0.5) is 0 Å². The van der Waals surface area contributed by atoms with Crippen molar-refractivity contribution in [2.45, 2.75) is 30.6 Å². The Kier molecular flexibility index (Phi) is 4.72. The van der Waals surface area contributed by atoms with Gasteiger partial charge in [0.2, 0.25) is 0 Å². The van der Waals surface area contributed by atoms with Crippen LogP contribution < -0.4 is 5.73 Å². The minimum Gasteiger partial charge on any atom is -0.376 e. The topological polar surface area (TPSA) is 66.0 Å². The molecule has 7 heteroatoms. The molecule has 2 N–H and O–H groups in total. The molecule has 0 spiro atoms. The summed E-state index contributed by atoms with van der Waals surface area (Å²) in [6.45, 7) is 2.34. The minimum absolute atomic E-state index is 0.280. The van der Waals surface area contributed by atoms with Crippen molar-refractivity contribution in [3.63, 3.8) is 0 Å². The van der Waals surface area contributed by atoms with Crippen molar-refractivity contribution in [2.24, 2.45) is 5.73 Å². The van der Waals surface area contributed by atoms with E-state index in [0.29, 0.717) is 6.54 Å². The number of rotatable bonds is 6. The van der Waals surface area contributed by atoms with E-state index in [1.54, 1.807) is 23.1 Å². The number of nitrogens with two attached hydrogens (primary N) is 1. The summed E-state index contributed by atoms with van der Waals surface area (Å²) < 4.78 is 7.93. The molecule has 0 aliphatic carbocycles. The predicted octanol–water partition coefficient (Wildman–Crippen LogP) is 2.24. The molecular formula is C13H18N4OS2. The van der Waals surface area contributed by atoms with E-state index in [-0.39, 0.29) is 6.10 Å². The van der Waals surface area contributed by atoms with Crippen LogP contribution in [0, 0.1) is 0 Å². The lowest BCUT2D eigenvalue weighted by molar-refractivity contribution is 0.0953. The molecule has 2 aromatic heterocycles. The fourth-order valence-corrected chi connectivity index (χ4v) is 3.72. The maximum absolute atomic E-state index is 5.75. The molecule has 0 saturated carbocycles. The van der Waals surface area contributed by atoms with Gasteiger partial charge >= 0.3 is 0 Å². The summed E-state index contributed by atoms with van der Waals surface area (Å²) in [6.07, 6.45) is 2.54. The summed E-state index contributed by atoms with van der Waals surface area (Å²) in [5, 5.41) is 11.7. The number of aromatic nitrogens is 3. The molecule has 1 aliphatic rings. The second-order valence-electron chi connectivity index (χ2n) is 4.67. The van der Waals surface area contributed by atoms with E-state index in [1.807, 2.05) is 6.07 Å². The first-order valence-electron chi connectivity index (χ1n) is 6.80. The van der Waals surface area contributed by atoms with Crippen molar-refractivity contribution in [2.75, 3.05) is 18.9 Å². The van der Waals surface area contributed by atoms with Crippen LogP contribution in [0.2, 0.25) is 0 Å². The van der Waals surface area contributed by atoms with Gasteiger partial charge in [0.05, 0.1) is 17.5 Å². The minimum atomic E-state index is 0.280. The quantitative estimate of drug-likeness (QED) is 0.829. The van der Waals surface area contributed by atoms with Gasteiger partial charge in [-0.3, -0.25) is 4.57 Å². The predicted molar refractivity (Wildman–Crippen MR) is 82.1 cm³/mol. The first-order valence-corrected chi connectivity index (χ1v) is 8.66. The number of hydrogen-bond donors (Lipinski definition) is 1. The van der Waals surface area contributed by atoms with E-state index in [0.717, 1.165) is 47.6 Å². The molecule has 5 nitrogen and oxygen atoms in total. The molecule has 0 amide bonds. The zero-order valence-electron chi connectivity index (χ0n) is 11.2. The summed E-state index contributed by atoms with van der Waals surface area (Å²) >= 11 is 3.35. The Hall–Kier alpha value is -0.890. The van der Waals surface area contributed by atoms with Gasteiger partial charge in [-0.05, 0) is 24.3 Å². The zero-order valence-corrected chi connectivity index (χ0v) is 12.8. The summed E-state index contributed by atoms with van der Waals surface area (Å²) in [6, 6.07) is 4.12. The van der Waals surface area contributed by atoms with Crippen LogP contribution >= 0.6 is 23.1 Å². The van der Waals surface area contributed by atoms with Crippen LogP contribution in [0.5, 0.6) is 0 Å². The molecule has 0 unspecified atom stereocenters. The molecule has 20 heavy (non-hydrogen) atoms. The number of thiophene rings is 1. The molecule has 1 saturated heterocycles. The van der Waals surface area contributed by atoms with Crippen LogP contribution in [0.15, 0.2) is 22.7 Å². The monoisotopic (exact) mass is 310 g/mol. The summed E-state index contributed by atoms with van der Waals surface area (Å²) in [4.78, 5) is 1.15. The number of ether oxygens (including phenoxy) is 1. The molecule has 0 bridgehead atoms. The van der Waals surface area contributed by atoms with Crippen LogP contribution in [0.25, 0.3) is 10.7 Å². The third kappa shape index (κ3) is 3.06. The van der Waals surface area contributed by atoms with E-state index in [4.69, 9.17) is 10.5 Å². The molecule has 3 rings (SSSR count). The molecule has 108 valence electrons. The summed E-state index contributed by atoms with van der Waals surface area (Å²) in [7, 11) is 0. The number of hydrogen-bond acceptors (Lipinski definition) is 6. The highest BCUT2D eigenvalue weighted by atomic mass is 32.2. The third-order valence-corrected chi connectivity index (χ3v) is 5.08. The number of thioether (sulfide) groups is 1. The van der Waals surface area contributed by atoms with E-state index >= 15 is 0 Å². The lowest BCUT2D eigenvalue weighted by Gasteiger charge is -2.14. The highest BCUT2D eigenvalue weighted by molar-refractivity contribution is 7.99. The molecule has 2 aromatic rings. The third-order valence-electron chi connectivity index (χ3n) is 3.22. The Balaban J connectivity index is 1.86. The van der Waals surface area contributed by atoms with Crippen molar-refractivity contribution in [1.29, 1.82) is 0 Å². The highest BCUT2D eigenvalue weighted by Crippen LogP contribution is 2.28. The lowest BCUT2D eigenvalue weighted by atomic mass is 10.2. The van der Waals surface area contributed by atoms with Gasteiger partial charge in [0.15, 0.2) is 11.0 Å². The second-order valence-corrected chi connectivity index (χ2v) is 6.68. The zero-order chi connectivity index (χ0) is 13.8. The Labute approximate surface area is 126 Å². The van der Waals surface area contributed by atoms with Gasteiger partial charge in [0.25, 0.3) is 0 Å². The van der Waals surface area contributed by atoms with Gasteiger partial charge in [0.1, 0.15) is 0 Å². The van der Waals surface area contributed by atoms with Gasteiger partial charge in [0, 0.05) is 18.9 Å². The Morgan fingerprint density at radius 3 is 3.15 bits per heavy atom. The average molecular weight is 310 g/mol. The Morgan fingerprint density at radius 2 is 2.45 bits per heavy atom. The fraction of sp³-hybridized carbons (Fsp3) is 0.538. The maximum atomic E-state index is 5.75. The van der Waals surface area contributed by atoms with Crippen LogP contribution in [0.3, 0.4) is 0 Å². The van der Waals surface area contributed by atoms with Gasteiger partial charge in [-0.15, -0.1) is 21.5 Å². The highest BCUT2D eigenvalue weighted by Gasteiger charge is 2.21. The molecule has 1 aliphatic heterocycles. The summed E-state index contributed by atoms with van der Waals surface area (Å²) in [5.74, 6) is 1.80. The van der Waals surface area contributed by atoms with Gasteiger partial charge in [-0.2, -0.15) is 0 Å². The summed E-state index contributed by atoms with van der Waals surface area (Å²) in [5.41, 5.74) is 5.59. The lowest BCUT2D eigenvalue weighted by Crippen LogP contribution is -2.16. The smallest absolute Gasteiger partial charge is 0.191 e. The Bertz CT molecular complexity index is 535. The molecule has 1 fully saturated rings. The van der Waals surface area contributed by atoms with Gasteiger partial charge in [-0.25, -0.2) is 0 Å². The first kappa shape index (κ1) is 14.1. The van der Waals surface area contributed by atoms with Gasteiger partial charge < -0.3 is 10.5 Å². The van der Waals surface area contributed by atoms with Crippen molar-refractivity contribution >= 4 is 23.1 Å². The normalized spacial score (nSPS) is 18.8. The van der Waals surface area contributed by atoms with Crippen molar-refractivity contribution in [3.05, 3.63) is 17.5 Å². The van der Waals surface area contributed by atoms with Crippen molar-refractivity contribution in [3.8, 4) is 10.7 Å².